The van der Waals surface area contributed by atoms with Crippen LogP contribution in [0.15, 0.2) is 36.4 Å². The van der Waals surface area contributed by atoms with Crippen LogP contribution in [0.4, 0.5) is 0 Å². The van der Waals surface area contributed by atoms with Crippen LogP contribution in [0.3, 0.4) is 0 Å². The number of benzene rings is 1. The summed E-state index contributed by atoms with van der Waals surface area (Å²) < 4.78 is 0. The third-order valence-electron chi connectivity index (χ3n) is 5.18. The minimum atomic E-state index is 0. The summed E-state index contributed by atoms with van der Waals surface area (Å²) in [5, 5.41) is 2.73. The van der Waals surface area contributed by atoms with Gasteiger partial charge in [0.1, 0.15) is 0 Å². The van der Waals surface area contributed by atoms with Gasteiger partial charge in [-0.2, -0.15) is 33.9 Å². The Bertz CT molecular complexity index is 722. The van der Waals surface area contributed by atoms with Crippen LogP contribution in [-0.2, 0) is 39.0 Å². The molecule has 3 rings (SSSR count). The third kappa shape index (κ3) is 6.85. The summed E-state index contributed by atoms with van der Waals surface area (Å²) in [6.07, 6.45) is 3.63. The summed E-state index contributed by atoms with van der Waals surface area (Å²) in [5.41, 5.74) is 9.06. The topological polar surface area (TPSA) is 0 Å². The molecule has 0 atom stereocenters. The summed E-state index contributed by atoms with van der Waals surface area (Å²) in [6.45, 7) is 13.4. The van der Waals surface area contributed by atoms with Gasteiger partial charge in [-0.1, -0.05) is 60.5 Å². The second-order valence-electron chi connectivity index (χ2n) is 6.57. The van der Waals surface area contributed by atoms with Gasteiger partial charge < -0.3 is 48.0 Å². The van der Waals surface area contributed by atoms with Gasteiger partial charge in [0.2, 0.25) is 0 Å². The molecule has 0 aliphatic heterocycles. The molecule has 0 amide bonds. The van der Waals surface area contributed by atoms with E-state index in [0.717, 1.165) is 6.42 Å². The molecule has 26 heavy (non-hydrogen) atoms. The van der Waals surface area contributed by atoms with Crippen molar-refractivity contribution in [3.8, 4) is 0 Å². The molecule has 0 radical (unpaired) electrons. The van der Waals surface area contributed by atoms with Crippen LogP contribution in [0.2, 0.25) is 0 Å². The first kappa shape index (κ1) is 28.7. The fourth-order valence-electron chi connectivity index (χ4n) is 3.34. The molecule has 0 N–H and O–H groups in total. The zero-order valence-electron chi connectivity index (χ0n) is 16.8. The van der Waals surface area contributed by atoms with Gasteiger partial charge >= 0.3 is 26.2 Å². The first-order valence-electron chi connectivity index (χ1n) is 8.85. The Hall–Kier alpha value is 0.523. The van der Waals surface area contributed by atoms with Crippen LogP contribution in [-0.4, -0.2) is 0 Å². The summed E-state index contributed by atoms with van der Waals surface area (Å²) in [7, 11) is 0. The molecule has 0 saturated heterocycles. The SMILES string of the molecule is CCCc1c(C)c(C)c(C)[c-]1C.CCc1cc2ccccc2[cH-]1.[I-].[I-].[Zr+4]. The van der Waals surface area contributed by atoms with Crippen molar-refractivity contribution in [2.75, 3.05) is 0 Å². The van der Waals surface area contributed by atoms with E-state index >= 15 is 0 Å². The maximum atomic E-state index is 2.26. The summed E-state index contributed by atoms with van der Waals surface area (Å²) in [5.74, 6) is 0. The largest absolute Gasteiger partial charge is 4.00 e. The number of hydrogen-bond acceptors (Lipinski definition) is 0. The van der Waals surface area contributed by atoms with Gasteiger partial charge in [-0.15, -0.1) is 40.6 Å². The van der Waals surface area contributed by atoms with E-state index in [-0.39, 0.29) is 74.2 Å². The minimum Gasteiger partial charge on any atom is -1.00 e. The number of aryl methyl sites for hydroxylation is 1. The van der Waals surface area contributed by atoms with Crippen molar-refractivity contribution in [2.24, 2.45) is 0 Å². The number of rotatable bonds is 3. The van der Waals surface area contributed by atoms with Crippen molar-refractivity contribution in [1.82, 2.24) is 0 Å². The quantitative estimate of drug-likeness (QED) is 0.290. The summed E-state index contributed by atoms with van der Waals surface area (Å²) in [6, 6.07) is 13.0. The third-order valence-corrected chi connectivity index (χ3v) is 5.18. The van der Waals surface area contributed by atoms with E-state index in [1.807, 2.05) is 0 Å². The van der Waals surface area contributed by atoms with Crippen LogP contribution in [0.1, 0.15) is 53.6 Å². The second-order valence-corrected chi connectivity index (χ2v) is 6.57. The molecule has 0 spiro atoms. The zero-order valence-corrected chi connectivity index (χ0v) is 23.6. The Morgan fingerprint density at radius 3 is 2.04 bits per heavy atom. The molecule has 0 aliphatic carbocycles. The normalized spacial score (nSPS) is 9.46. The maximum Gasteiger partial charge on any atom is 4.00 e. The van der Waals surface area contributed by atoms with Crippen LogP contribution in [0.25, 0.3) is 10.8 Å². The Labute approximate surface area is 213 Å². The average molecular weight is 652 g/mol. The predicted octanol–water partition coefficient (Wildman–Crippen LogP) is 0.718. The maximum absolute atomic E-state index is 2.26. The van der Waals surface area contributed by atoms with Crippen molar-refractivity contribution in [3.63, 3.8) is 0 Å². The number of fused-ring (bicyclic) bond motifs is 1. The van der Waals surface area contributed by atoms with E-state index < -0.39 is 0 Å². The Morgan fingerprint density at radius 1 is 0.962 bits per heavy atom. The van der Waals surface area contributed by atoms with Crippen LogP contribution in [0.5, 0.6) is 0 Å². The Morgan fingerprint density at radius 2 is 1.58 bits per heavy atom. The van der Waals surface area contributed by atoms with Crippen molar-refractivity contribution in [3.05, 3.63) is 69.8 Å². The Kier molecular flexibility index (Phi) is 15.1. The van der Waals surface area contributed by atoms with Crippen LogP contribution >= 0.6 is 0 Å². The smallest absolute Gasteiger partial charge is 1.00 e. The molecule has 3 aromatic carbocycles. The molecule has 0 nitrogen and oxygen atoms in total. The van der Waals surface area contributed by atoms with E-state index in [4.69, 9.17) is 0 Å². The van der Waals surface area contributed by atoms with Gasteiger partial charge in [-0.25, -0.2) is 0 Å². The predicted molar refractivity (Wildman–Crippen MR) is 104 cm³/mol. The minimum absolute atomic E-state index is 0. The van der Waals surface area contributed by atoms with E-state index in [1.165, 1.54) is 51.4 Å². The molecular formula is C23H30I2Zr. The first-order valence-corrected chi connectivity index (χ1v) is 8.85. The van der Waals surface area contributed by atoms with Gasteiger partial charge in [-0.05, 0) is 6.42 Å². The van der Waals surface area contributed by atoms with E-state index in [2.05, 4.69) is 77.9 Å². The monoisotopic (exact) mass is 650 g/mol. The van der Waals surface area contributed by atoms with Gasteiger partial charge in [0.15, 0.2) is 0 Å². The van der Waals surface area contributed by atoms with Crippen LogP contribution in [0, 0.1) is 27.7 Å². The van der Waals surface area contributed by atoms with Gasteiger partial charge in [0.25, 0.3) is 0 Å². The molecule has 3 aromatic rings. The van der Waals surface area contributed by atoms with Crippen LogP contribution < -0.4 is 48.0 Å². The van der Waals surface area contributed by atoms with Crippen molar-refractivity contribution >= 4 is 10.8 Å². The fourth-order valence-corrected chi connectivity index (χ4v) is 3.34. The summed E-state index contributed by atoms with van der Waals surface area (Å²) >= 11 is 0. The first-order chi connectivity index (χ1) is 11.0. The van der Waals surface area contributed by atoms with Gasteiger partial charge in [0, 0.05) is 0 Å². The molecule has 0 saturated carbocycles. The molecule has 0 aromatic heterocycles. The average Bonchev–Trinajstić information content (AvgIpc) is 3.07. The van der Waals surface area contributed by atoms with Gasteiger partial charge in [0.05, 0.1) is 0 Å². The van der Waals surface area contributed by atoms with Crippen molar-refractivity contribution < 1.29 is 74.2 Å². The summed E-state index contributed by atoms with van der Waals surface area (Å²) in [4.78, 5) is 0. The molecule has 0 aliphatic rings. The standard InChI is InChI=1S/C12H19.C11H11.2HI.Zr/c1-6-7-12-10(4)8(2)9(3)11(12)5;1-2-9-7-10-5-3-4-6-11(10)8-9;;;/h6-7H2,1-5H3;3-8H,2H2,1H3;2*1H;/q2*-1;;;+4/p-2. The Balaban J connectivity index is 0. The zero-order chi connectivity index (χ0) is 17.0. The molecule has 0 heterocycles. The molecule has 0 bridgehead atoms. The van der Waals surface area contributed by atoms with E-state index in [0.29, 0.717) is 0 Å². The van der Waals surface area contributed by atoms with E-state index in [9.17, 15) is 0 Å². The molecule has 3 heteroatoms. The van der Waals surface area contributed by atoms with Crippen molar-refractivity contribution in [1.29, 1.82) is 0 Å². The molecule has 140 valence electrons. The second kappa shape index (κ2) is 13.7. The molecular weight excluding hydrogens is 621 g/mol. The molecule has 0 fully saturated rings. The van der Waals surface area contributed by atoms with Gasteiger partial charge in [-0.3, -0.25) is 0 Å². The fraction of sp³-hybridized carbons (Fsp3) is 0.391. The number of halogens is 2. The van der Waals surface area contributed by atoms with E-state index in [1.54, 1.807) is 5.56 Å². The number of hydrogen-bond donors (Lipinski definition) is 0. The van der Waals surface area contributed by atoms with Crippen molar-refractivity contribution in [2.45, 2.75) is 60.8 Å². The molecule has 0 unspecified atom stereocenters.